The van der Waals surface area contributed by atoms with Crippen molar-refractivity contribution in [2.75, 3.05) is 18.8 Å². The van der Waals surface area contributed by atoms with Crippen molar-refractivity contribution in [2.45, 2.75) is 24.7 Å². The summed E-state index contributed by atoms with van der Waals surface area (Å²) in [5, 5.41) is 9.07. The van der Waals surface area contributed by atoms with Crippen LogP contribution in [0, 0.1) is 17.7 Å². The number of benzene rings is 1. The van der Waals surface area contributed by atoms with Crippen molar-refractivity contribution in [2.24, 2.45) is 11.8 Å². The molecule has 1 aromatic rings. The first-order chi connectivity index (χ1) is 11.2. The Hall–Kier alpha value is -1.96. The van der Waals surface area contributed by atoms with Crippen LogP contribution in [-0.2, 0) is 19.4 Å². The lowest BCUT2D eigenvalue weighted by molar-refractivity contribution is -0.146. The average Bonchev–Trinajstić information content (AvgIpc) is 2.54. The summed E-state index contributed by atoms with van der Waals surface area (Å²) < 4.78 is 37.6. The number of hydrogen-bond acceptors (Lipinski definition) is 4. The quantitative estimate of drug-likeness (QED) is 0.808. The van der Waals surface area contributed by atoms with E-state index >= 15 is 0 Å². The minimum absolute atomic E-state index is 0.0365. The van der Waals surface area contributed by atoms with Gasteiger partial charge in [-0.1, -0.05) is 6.92 Å². The Morgan fingerprint density at radius 1 is 1.33 bits per heavy atom. The number of sulfone groups is 1. The van der Waals surface area contributed by atoms with Gasteiger partial charge in [0.2, 0.25) is 5.91 Å². The molecule has 1 fully saturated rings. The maximum Gasteiger partial charge on any atom is 0.308 e. The fraction of sp³-hybridized carbons (Fsp3) is 0.500. The summed E-state index contributed by atoms with van der Waals surface area (Å²) in [6.07, 6.45) is 1.10. The van der Waals surface area contributed by atoms with Gasteiger partial charge in [-0.05, 0) is 37.1 Å². The summed E-state index contributed by atoms with van der Waals surface area (Å²) in [7, 11) is -3.72. The summed E-state index contributed by atoms with van der Waals surface area (Å²) >= 11 is 0. The fourth-order valence-corrected chi connectivity index (χ4v) is 4.37. The van der Waals surface area contributed by atoms with Crippen LogP contribution < -0.4 is 0 Å². The van der Waals surface area contributed by atoms with Gasteiger partial charge in [-0.25, -0.2) is 12.8 Å². The van der Waals surface area contributed by atoms with Gasteiger partial charge in [0.25, 0.3) is 0 Å². The van der Waals surface area contributed by atoms with E-state index < -0.39 is 39.2 Å². The van der Waals surface area contributed by atoms with E-state index in [9.17, 15) is 22.4 Å². The van der Waals surface area contributed by atoms with E-state index in [1.165, 1.54) is 24.0 Å². The molecule has 0 bridgehead atoms. The molecule has 1 amide bonds. The van der Waals surface area contributed by atoms with Gasteiger partial charge in [0.05, 0.1) is 16.6 Å². The van der Waals surface area contributed by atoms with Crippen LogP contribution in [0.4, 0.5) is 4.39 Å². The highest BCUT2D eigenvalue weighted by atomic mass is 32.2. The molecule has 6 nitrogen and oxygen atoms in total. The number of nitrogens with zero attached hydrogens (tertiary/aromatic N) is 1. The van der Waals surface area contributed by atoms with Gasteiger partial charge in [-0.15, -0.1) is 0 Å². The lowest BCUT2D eigenvalue weighted by Gasteiger charge is -2.32. The van der Waals surface area contributed by atoms with Crippen LogP contribution in [-0.4, -0.2) is 49.1 Å². The molecule has 1 saturated heterocycles. The van der Waals surface area contributed by atoms with Crippen LogP contribution >= 0.6 is 0 Å². The molecule has 1 heterocycles. The summed E-state index contributed by atoms with van der Waals surface area (Å²) in [6, 6.07) is 4.45. The topological polar surface area (TPSA) is 91.8 Å². The number of piperidine rings is 1. The Bertz CT molecular complexity index is 716. The number of aliphatic carboxylic acids is 1. The Morgan fingerprint density at radius 2 is 1.96 bits per heavy atom. The Kier molecular flexibility index (Phi) is 5.58. The smallest absolute Gasteiger partial charge is 0.308 e. The molecule has 2 atom stereocenters. The third-order valence-electron chi connectivity index (χ3n) is 4.15. The first kappa shape index (κ1) is 18.4. The molecule has 0 aliphatic carbocycles. The Morgan fingerprint density at radius 3 is 2.54 bits per heavy atom. The molecule has 1 N–H and O–H groups in total. The van der Waals surface area contributed by atoms with Gasteiger partial charge in [0.15, 0.2) is 9.84 Å². The molecule has 0 saturated carbocycles. The molecule has 2 unspecified atom stereocenters. The van der Waals surface area contributed by atoms with Crippen molar-refractivity contribution < 1.29 is 27.5 Å². The standard InChI is InChI=1S/C16H20FNO5S/c1-11(10-24(22,23)14-6-4-13(17)5-7-14)15(19)18-8-2-3-12(9-18)16(20)21/h4-7,11-12H,2-3,8-10H2,1H3,(H,20,21). The zero-order chi connectivity index (χ0) is 17.9. The van der Waals surface area contributed by atoms with E-state index in [2.05, 4.69) is 0 Å². The summed E-state index contributed by atoms with van der Waals surface area (Å²) in [5.74, 6) is -3.65. The van der Waals surface area contributed by atoms with E-state index in [0.717, 1.165) is 12.1 Å². The second kappa shape index (κ2) is 7.29. The number of rotatable bonds is 5. The summed E-state index contributed by atoms with van der Waals surface area (Å²) in [4.78, 5) is 24.9. The lowest BCUT2D eigenvalue weighted by atomic mass is 9.97. The van der Waals surface area contributed by atoms with Gasteiger partial charge in [-0.3, -0.25) is 9.59 Å². The summed E-state index contributed by atoms with van der Waals surface area (Å²) in [6.45, 7) is 2.05. The first-order valence-corrected chi connectivity index (χ1v) is 9.36. The minimum Gasteiger partial charge on any atom is -0.481 e. The van der Waals surface area contributed by atoms with Crippen molar-refractivity contribution in [1.82, 2.24) is 4.90 Å². The number of carbonyl (C=O) groups excluding carboxylic acids is 1. The fourth-order valence-electron chi connectivity index (χ4n) is 2.83. The average molecular weight is 357 g/mol. The van der Waals surface area contributed by atoms with Crippen molar-refractivity contribution >= 4 is 21.7 Å². The Labute approximate surface area is 140 Å². The van der Waals surface area contributed by atoms with Crippen LogP contribution in [0.15, 0.2) is 29.2 Å². The van der Waals surface area contributed by atoms with Gasteiger partial charge < -0.3 is 10.0 Å². The highest BCUT2D eigenvalue weighted by Crippen LogP contribution is 2.21. The molecular weight excluding hydrogens is 337 g/mol. The van der Waals surface area contributed by atoms with E-state index in [-0.39, 0.29) is 17.3 Å². The largest absolute Gasteiger partial charge is 0.481 e. The maximum atomic E-state index is 12.9. The van der Waals surface area contributed by atoms with Crippen LogP contribution in [0.1, 0.15) is 19.8 Å². The molecular formula is C16H20FNO5S. The summed E-state index contributed by atoms with van der Waals surface area (Å²) in [5.41, 5.74) is 0. The first-order valence-electron chi connectivity index (χ1n) is 7.70. The predicted molar refractivity (Wildman–Crippen MR) is 84.6 cm³/mol. The predicted octanol–water partition coefficient (Wildman–Crippen LogP) is 1.56. The second-order valence-electron chi connectivity index (χ2n) is 6.10. The number of amides is 1. The number of halogens is 1. The molecule has 0 radical (unpaired) electrons. The number of carboxylic acids is 1. The van der Waals surface area contributed by atoms with Crippen LogP contribution in [0.25, 0.3) is 0 Å². The normalized spacial score (nSPS) is 19.8. The van der Waals surface area contributed by atoms with Crippen molar-refractivity contribution in [3.8, 4) is 0 Å². The Balaban J connectivity index is 2.05. The number of carbonyl (C=O) groups is 2. The van der Waals surface area contributed by atoms with Crippen LogP contribution in [0.2, 0.25) is 0 Å². The molecule has 24 heavy (non-hydrogen) atoms. The molecule has 8 heteroatoms. The maximum absolute atomic E-state index is 12.9. The van der Waals surface area contributed by atoms with Crippen molar-refractivity contribution in [3.63, 3.8) is 0 Å². The highest BCUT2D eigenvalue weighted by molar-refractivity contribution is 7.91. The minimum atomic E-state index is -3.72. The SMILES string of the molecule is CC(CS(=O)(=O)c1ccc(F)cc1)C(=O)N1CCCC(C(=O)O)C1. The molecule has 1 aliphatic rings. The van der Waals surface area contributed by atoms with Gasteiger partial charge >= 0.3 is 5.97 Å². The van der Waals surface area contributed by atoms with E-state index in [0.29, 0.717) is 19.4 Å². The molecule has 1 aliphatic heterocycles. The third kappa shape index (κ3) is 4.31. The molecule has 0 aromatic heterocycles. The van der Waals surface area contributed by atoms with E-state index in [1.807, 2.05) is 0 Å². The monoisotopic (exact) mass is 357 g/mol. The number of likely N-dealkylation sites (tertiary alicyclic amines) is 1. The van der Waals surface area contributed by atoms with E-state index in [4.69, 9.17) is 5.11 Å². The van der Waals surface area contributed by atoms with Gasteiger partial charge in [-0.2, -0.15) is 0 Å². The molecule has 2 rings (SSSR count). The zero-order valence-electron chi connectivity index (χ0n) is 13.3. The molecule has 1 aromatic carbocycles. The third-order valence-corrected chi connectivity index (χ3v) is 6.08. The molecule has 0 spiro atoms. The van der Waals surface area contributed by atoms with Crippen LogP contribution in [0.5, 0.6) is 0 Å². The zero-order valence-corrected chi connectivity index (χ0v) is 14.1. The highest BCUT2D eigenvalue weighted by Gasteiger charge is 2.32. The van der Waals surface area contributed by atoms with Crippen molar-refractivity contribution in [1.29, 1.82) is 0 Å². The van der Waals surface area contributed by atoms with Gasteiger partial charge in [0, 0.05) is 19.0 Å². The number of carboxylic acid groups (broad SMARTS) is 1. The molecule has 132 valence electrons. The second-order valence-corrected chi connectivity index (χ2v) is 8.13. The van der Waals surface area contributed by atoms with Crippen molar-refractivity contribution in [3.05, 3.63) is 30.1 Å². The lowest BCUT2D eigenvalue weighted by Crippen LogP contribution is -2.45. The number of hydrogen-bond donors (Lipinski definition) is 1. The van der Waals surface area contributed by atoms with Gasteiger partial charge in [0.1, 0.15) is 5.82 Å². The van der Waals surface area contributed by atoms with Crippen LogP contribution in [0.3, 0.4) is 0 Å². The van der Waals surface area contributed by atoms with E-state index in [1.54, 1.807) is 0 Å².